The van der Waals surface area contributed by atoms with Crippen LogP contribution in [-0.4, -0.2) is 72.2 Å². The summed E-state index contributed by atoms with van der Waals surface area (Å²) in [5.41, 5.74) is 2.93. The number of likely N-dealkylation sites (tertiary alicyclic amines) is 1. The Morgan fingerprint density at radius 3 is 2.78 bits per heavy atom. The molecule has 2 aliphatic heterocycles. The van der Waals surface area contributed by atoms with Crippen molar-refractivity contribution in [2.24, 2.45) is 5.92 Å². The first-order chi connectivity index (χ1) is 17.7. The Labute approximate surface area is 226 Å². The van der Waals surface area contributed by atoms with E-state index in [1.165, 1.54) is 5.56 Å². The number of hydrogen-bond acceptors (Lipinski definition) is 6. The molecule has 1 saturated heterocycles. The number of rotatable bonds is 5. The fourth-order valence-electron chi connectivity index (χ4n) is 7.47. The molecule has 2 fully saturated rings. The molecule has 1 N–H and O–H groups in total. The lowest BCUT2D eigenvalue weighted by molar-refractivity contribution is -0.139. The lowest BCUT2D eigenvalue weighted by Crippen LogP contribution is -2.68. The molecule has 1 amide bonds. The standard InChI is InChI=1S/C28H30Cl2N2O5/c1-31-10-9-28-17-5-7-20(32(2)23(34)12-15-3-6-18(29)19(30)11-15)27(28)37-26-22(36-24(35)14-33)8-4-16(25(26)28)13-21(17)31/h3-4,6,8,11,17,20-21,27,33H,5,7,9-10,12-14H2,1-2H3/t17-,20?,21+,27?,28-/m0/s1. The first-order valence-electron chi connectivity index (χ1n) is 12.8. The number of likely N-dealkylation sites (N-methyl/N-ethyl adjacent to an activating group) is 2. The third kappa shape index (κ3) is 3.77. The van der Waals surface area contributed by atoms with Crippen LogP contribution in [0.3, 0.4) is 0 Å². The molecule has 7 nitrogen and oxygen atoms in total. The maximum Gasteiger partial charge on any atom is 0.337 e. The number of aliphatic hydroxyl groups is 1. The maximum atomic E-state index is 13.5. The number of nitrogens with zero attached hydrogens (tertiary/aromatic N) is 2. The minimum Gasteiger partial charge on any atom is -0.483 e. The van der Waals surface area contributed by atoms with E-state index in [1.54, 1.807) is 18.2 Å². The average molecular weight is 545 g/mol. The minimum atomic E-state index is -0.716. The summed E-state index contributed by atoms with van der Waals surface area (Å²) in [5, 5.41) is 10.2. The fourth-order valence-corrected chi connectivity index (χ4v) is 7.79. The van der Waals surface area contributed by atoms with Gasteiger partial charge in [-0.3, -0.25) is 4.79 Å². The highest BCUT2D eigenvalue weighted by atomic mass is 35.5. The van der Waals surface area contributed by atoms with Crippen LogP contribution in [0, 0.1) is 5.92 Å². The van der Waals surface area contributed by atoms with Crippen LogP contribution >= 0.6 is 23.2 Å². The zero-order chi connectivity index (χ0) is 26.1. The number of carbonyl (C=O) groups is 2. The Morgan fingerprint density at radius 2 is 2.03 bits per heavy atom. The molecule has 0 aromatic heterocycles. The highest BCUT2D eigenvalue weighted by molar-refractivity contribution is 6.42. The molecule has 6 rings (SSSR count). The van der Waals surface area contributed by atoms with Gasteiger partial charge in [-0.25, -0.2) is 4.79 Å². The maximum absolute atomic E-state index is 13.5. The Balaban J connectivity index is 1.37. The third-order valence-corrected chi connectivity index (χ3v) is 9.87. The Kier molecular flexibility index (Phi) is 6.18. The summed E-state index contributed by atoms with van der Waals surface area (Å²) in [6, 6.07) is 9.37. The van der Waals surface area contributed by atoms with Gasteiger partial charge < -0.3 is 24.4 Å². The Bertz CT molecular complexity index is 1290. The van der Waals surface area contributed by atoms with Crippen LogP contribution in [0.25, 0.3) is 0 Å². The second-order valence-corrected chi connectivity index (χ2v) is 11.6. The van der Waals surface area contributed by atoms with Gasteiger partial charge in [-0.1, -0.05) is 35.3 Å². The van der Waals surface area contributed by atoms with Gasteiger partial charge in [0.15, 0.2) is 11.5 Å². The smallest absolute Gasteiger partial charge is 0.337 e. The number of carbonyl (C=O) groups excluding carboxylic acids is 2. The van der Waals surface area contributed by atoms with Crippen molar-refractivity contribution >= 4 is 35.1 Å². The first kappa shape index (κ1) is 25.0. The number of benzene rings is 2. The molecule has 9 heteroatoms. The highest BCUT2D eigenvalue weighted by Crippen LogP contribution is 2.64. The average Bonchev–Trinajstić information content (AvgIpc) is 3.24. The van der Waals surface area contributed by atoms with E-state index < -0.39 is 12.6 Å². The molecule has 2 aliphatic carbocycles. The molecule has 2 bridgehead atoms. The van der Waals surface area contributed by atoms with Gasteiger partial charge in [-0.05, 0) is 74.5 Å². The van der Waals surface area contributed by atoms with E-state index >= 15 is 0 Å². The van der Waals surface area contributed by atoms with E-state index in [0.717, 1.165) is 43.4 Å². The van der Waals surface area contributed by atoms with Crippen LogP contribution in [0.2, 0.25) is 10.0 Å². The third-order valence-electron chi connectivity index (χ3n) is 9.13. The highest BCUT2D eigenvalue weighted by Gasteiger charge is 2.66. The normalized spacial score (nSPS) is 29.3. The number of aliphatic hydroxyl groups excluding tert-OH is 1. The van der Waals surface area contributed by atoms with E-state index in [1.807, 2.05) is 24.1 Å². The fraction of sp³-hybridized carbons (Fsp3) is 0.500. The van der Waals surface area contributed by atoms with E-state index in [0.29, 0.717) is 33.5 Å². The van der Waals surface area contributed by atoms with Crippen LogP contribution < -0.4 is 9.47 Å². The summed E-state index contributed by atoms with van der Waals surface area (Å²) in [5.74, 6) is 0.621. The lowest BCUT2D eigenvalue weighted by Gasteiger charge is -2.59. The van der Waals surface area contributed by atoms with Crippen molar-refractivity contribution in [3.63, 3.8) is 0 Å². The molecule has 2 aromatic carbocycles. The molecule has 2 heterocycles. The van der Waals surface area contributed by atoms with Crippen LogP contribution in [0.5, 0.6) is 11.5 Å². The van der Waals surface area contributed by atoms with Crippen molar-refractivity contribution in [2.75, 3.05) is 27.2 Å². The van der Waals surface area contributed by atoms with Gasteiger partial charge in [-0.2, -0.15) is 0 Å². The molecule has 4 aliphatic rings. The molecule has 5 atom stereocenters. The number of amides is 1. The van der Waals surface area contributed by atoms with Crippen molar-refractivity contribution in [3.05, 3.63) is 57.1 Å². The molecule has 1 spiro atoms. The monoisotopic (exact) mass is 544 g/mol. The second kappa shape index (κ2) is 9.16. The SMILES string of the molecule is CN(C(=O)Cc1ccc(Cl)c(Cl)c1)C1CC[C@H]2[C@H]3Cc4ccc(OC(=O)CO)c5c4[C@@]2(CCN3C)C1O5. The van der Waals surface area contributed by atoms with Gasteiger partial charge in [0.25, 0.3) is 0 Å². The molecule has 0 radical (unpaired) electrons. The largest absolute Gasteiger partial charge is 0.483 e. The molecule has 37 heavy (non-hydrogen) atoms. The van der Waals surface area contributed by atoms with Crippen molar-refractivity contribution in [2.45, 2.75) is 55.7 Å². The quantitative estimate of drug-likeness (QED) is 0.457. The predicted octanol–water partition coefficient (Wildman–Crippen LogP) is 3.63. The molecule has 2 unspecified atom stereocenters. The summed E-state index contributed by atoms with van der Waals surface area (Å²) in [6.45, 7) is 0.239. The van der Waals surface area contributed by atoms with Crippen molar-refractivity contribution in [3.8, 4) is 11.5 Å². The van der Waals surface area contributed by atoms with Gasteiger partial charge in [0.05, 0.1) is 22.5 Å². The van der Waals surface area contributed by atoms with Crippen molar-refractivity contribution < 1.29 is 24.2 Å². The number of ether oxygens (including phenoxy) is 2. The van der Waals surface area contributed by atoms with E-state index in [9.17, 15) is 14.7 Å². The first-order valence-corrected chi connectivity index (χ1v) is 13.5. The summed E-state index contributed by atoms with van der Waals surface area (Å²) in [4.78, 5) is 29.8. The van der Waals surface area contributed by atoms with Crippen molar-refractivity contribution in [1.29, 1.82) is 0 Å². The van der Waals surface area contributed by atoms with Crippen LogP contribution in [-0.2, 0) is 27.8 Å². The van der Waals surface area contributed by atoms with Gasteiger partial charge in [-0.15, -0.1) is 0 Å². The molecule has 2 aromatic rings. The topological polar surface area (TPSA) is 79.3 Å². The van der Waals surface area contributed by atoms with E-state index in [2.05, 4.69) is 11.9 Å². The van der Waals surface area contributed by atoms with E-state index in [-0.39, 0.29) is 29.9 Å². The summed E-state index contributed by atoms with van der Waals surface area (Å²) in [6.07, 6.45) is 3.64. The lowest BCUT2D eigenvalue weighted by atomic mass is 9.51. The molecule has 196 valence electrons. The Morgan fingerprint density at radius 1 is 1.22 bits per heavy atom. The van der Waals surface area contributed by atoms with Crippen LogP contribution in [0.4, 0.5) is 0 Å². The summed E-state index contributed by atoms with van der Waals surface area (Å²) >= 11 is 12.2. The van der Waals surface area contributed by atoms with Crippen LogP contribution in [0.15, 0.2) is 30.3 Å². The minimum absolute atomic E-state index is 0.00904. The van der Waals surface area contributed by atoms with Crippen molar-refractivity contribution in [1.82, 2.24) is 9.80 Å². The molecule has 1 saturated carbocycles. The number of esters is 1. The summed E-state index contributed by atoms with van der Waals surface area (Å²) < 4.78 is 12.2. The molecular weight excluding hydrogens is 515 g/mol. The Hall–Kier alpha value is -2.32. The zero-order valence-corrected chi connectivity index (χ0v) is 22.4. The number of hydrogen-bond donors (Lipinski definition) is 1. The van der Waals surface area contributed by atoms with Gasteiger partial charge >= 0.3 is 5.97 Å². The zero-order valence-electron chi connectivity index (χ0n) is 20.9. The van der Waals surface area contributed by atoms with Gasteiger partial charge in [0.1, 0.15) is 12.7 Å². The van der Waals surface area contributed by atoms with Gasteiger partial charge in [0, 0.05) is 24.1 Å². The number of halogens is 2. The number of piperidine rings is 1. The predicted molar refractivity (Wildman–Crippen MR) is 139 cm³/mol. The van der Waals surface area contributed by atoms with E-state index in [4.69, 9.17) is 32.7 Å². The van der Waals surface area contributed by atoms with Gasteiger partial charge in [0.2, 0.25) is 5.91 Å². The summed E-state index contributed by atoms with van der Waals surface area (Å²) in [7, 11) is 4.06. The molecular formula is C28H30Cl2N2O5. The van der Waals surface area contributed by atoms with Crippen LogP contribution in [0.1, 0.15) is 36.0 Å². The second-order valence-electron chi connectivity index (χ2n) is 10.8.